The van der Waals surface area contributed by atoms with Crippen molar-refractivity contribution in [2.75, 3.05) is 11.5 Å². The quantitative estimate of drug-likeness (QED) is 0.0784. The third-order valence-electron chi connectivity index (χ3n) is 5.79. The fraction of sp³-hybridized carbons (Fsp3) is 0. The minimum absolute atomic E-state index is 0.0594. The first-order chi connectivity index (χ1) is 20.6. The number of nitrogen functional groups attached to an aromatic ring is 2. The number of nitrogens with zero attached hydrogens (tertiary/aromatic N) is 4. The van der Waals surface area contributed by atoms with Crippen molar-refractivity contribution >= 4 is 85.4 Å². The van der Waals surface area contributed by atoms with Gasteiger partial charge in [0.25, 0.3) is 40.5 Å². The van der Waals surface area contributed by atoms with Crippen molar-refractivity contribution < 1.29 is 57.0 Å². The molecule has 0 aliphatic carbocycles. The van der Waals surface area contributed by atoms with Crippen LogP contribution >= 0.6 is 0 Å². The molecule has 45 heavy (non-hydrogen) atoms. The van der Waals surface area contributed by atoms with Crippen LogP contribution in [-0.4, -0.2) is 57.0 Å². The minimum Gasteiger partial charge on any atom is -0.505 e. The van der Waals surface area contributed by atoms with Crippen LogP contribution in [-0.2, 0) is 40.5 Å². The van der Waals surface area contributed by atoms with Crippen molar-refractivity contribution in [1.82, 2.24) is 0 Å². The molecule has 19 nitrogen and oxygen atoms in total. The van der Waals surface area contributed by atoms with Crippen LogP contribution in [0, 0.1) is 0 Å². The Morgan fingerprint density at radius 2 is 1.07 bits per heavy atom. The van der Waals surface area contributed by atoms with Crippen LogP contribution in [0.2, 0.25) is 0 Å². The summed E-state index contributed by atoms with van der Waals surface area (Å²) in [4.78, 5) is -3.54. The zero-order valence-corrected chi connectivity index (χ0v) is 25.0. The van der Waals surface area contributed by atoms with Gasteiger partial charge in [-0.15, -0.1) is 15.3 Å². The van der Waals surface area contributed by atoms with Crippen molar-refractivity contribution in [2.24, 2.45) is 20.5 Å². The van der Waals surface area contributed by atoms with Crippen molar-refractivity contribution in [3.63, 3.8) is 0 Å². The Balaban J connectivity index is 2.02. The second-order valence-corrected chi connectivity index (χ2v) is 14.4. The summed E-state index contributed by atoms with van der Waals surface area (Å²) >= 11 is 0. The largest absolute Gasteiger partial charge is 0.505 e. The van der Waals surface area contributed by atoms with Crippen LogP contribution in [0.1, 0.15) is 0 Å². The van der Waals surface area contributed by atoms with E-state index in [1.807, 2.05) is 0 Å². The van der Waals surface area contributed by atoms with Gasteiger partial charge in [0.05, 0.1) is 21.7 Å². The van der Waals surface area contributed by atoms with Gasteiger partial charge in [-0.3, -0.25) is 18.2 Å². The maximum atomic E-state index is 12.2. The molecule has 23 heteroatoms. The molecule has 0 saturated heterocycles. The van der Waals surface area contributed by atoms with Gasteiger partial charge in [0, 0.05) is 5.69 Å². The third-order valence-corrected chi connectivity index (χ3v) is 9.29. The molecule has 0 saturated carbocycles. The number of azo groups is 2. The molecule has 238 valence electrons. The second-order valence-electron chi connectivity index (χ2n) is 8.83. The minimum atomic E-state index is -5.25. The summed E-state index contributed by atoms with van der Waals surface area (Å²) in [5.41, 5.74) is 8.30. The second kappa shape index (κ2) is 11.4. The van der Waals surface area contributed by atoms with E-state index in [2.05, 4.69) is 20.5 Å². The Labute approximate surface area is 253 Å². The zero-order valence-electron chi connectivity index (χ0n) is 21.8. The van der Waals surface area contributed by atoms with Crippen molar-refractivity contribution in [2.45, 2.75) is 19.6 Å². The molecule has 0 aromatic heterocycles. The molecule has 0 amide bonds. The molecule has 9 N–H and O–H groups in total. The highest BCUT2D eigenvalue weighted by Gasteiger charge is 2.28. The number of benzene rings is 4. The average molecular weight is 703 g/mol. The highest BCUT2D eigenvalue weighted by molar-refractivity contribution is 7.86. The van der Waals surface area contributed by atoms with Crippen LogP contribution in [0.4, 0.5) is 34.1 Å². The standard InChI is InChI=1S/C22H18N6O13S4/c23-11-1-6-15(43(33,34)35)14(9-11)26-27-20-16(44(36,37)38)7-10-8-17(45(39,40)41)21(22(29)18(10)19(20)24)28-25-12-2-4-13(5-3-12)42(30,31)32/h1-9,29H,23-24H2,(H,30,31,32)(H,33,34,35)(H,36,37,38)(H,39,40,41). The fourth-order valence-corrected chi connectivity index (χ4v) is 6.24. The molecular weight excluding hydrogens is 685 g/mol. The van der Waals surface area contributed by atoms with Crippen LogP contribution in [0.15, 0.2) is 94.6 Å². The Hall–Kier alpha value is -4.62. The Bertz CT molecular complexity index is 2390. The third kappa shape index (κ3) is 7.04. The summed E-state index contributed by atoms with van der Waals surface area (Å²) in [5, 5.41) is 24.5. The maximum Gasteiger partial charge on any atom is 0.296 e. The normalized spacial score (nSPS) is 13.2. The molecule has 0 fully saturated rings. The predicted octanol–water partition coefficient (Wildman–Crippen LogP) is 3.53. The smallest absolute Gasteiger partial charge is 0.296 e. The molecule has 0 radical (unpaired) electrons. The first kappa shape index (κ1) is 33.3. The van der Waals surface area contributed by atoms with Crippen LogP contribution in [0.25, 0.3) is 10.8 Å². The Morgan fingerprint density at radius 3 is 1.58 bits per heavy atom. The van der Waals surface area contributed by atoms with Crippen molar-refractivity contribution in [3.05, 3.63) is 54.6 Å². The van der Waals surface area contributed by atoms with E-state index >= 15 is 0 Å². The summed E-state index contributed by atoms with van der Waals surface area (Å²) in [6.07, 6.45) is 0. The maximum absolute atomic E-state index is 12.2. The van der Waals surface area contributed by atoms with E-state index in [0.29, 0.717) is 12.1 Å². The van der Waals surface area contributed by atoms with E-state index in [4.69, 9.17) is 16.0 Å². The predicted molar refractivity (Wildman–Crippen MR) is 155 cm³/mol. The van der Waals surface area contributed by atoms with Crippen LogP contribution < -0.4 is 11.5 Å². The zero-order chi connectivity index (χ0) is 33.7. The van der Waals surface area contributed by atoms with Crippen molar-refractivity contribution in [1.29, 1.82) is 0 Å². The molecule has 0 aliphatic rings. The summed E-state index contributed by atoms with van der Waals surface area (Å²) in [5.74, 6) is -1.11. The first-order valence-electron chi connectivity index (χ1n) is 11.4. The molecule has 0 spiro atoms. The lowest BCUT2D eigenvalue weighted by molar-refractivity contribution is 0.472. The molecule has 4 aromatic carbocycles. The van der Waals surface area contributed by atoms with Gasteiger partial charge < -0.3 is 16.6 Å². The summed E-state index contributed by atoms with van der Waals surface area (Å²) < 4.78 is 133. The number of fused-ring (bicyclic) bond motifs is 1. The van der Waals surface area contributed by atoms with E-state index < -0.39 is 99.3 Å². The van der Waals surface area contributed by atoms with E-state index in [0.717, 1.165) is 42.5 Å². The van der Waals surface area contributed by atoms with Gasteiger partial charge in [0.1, 0.15) is 31.7 Å². The van der Waals surface area contributed by atoms with Gasteiger partial charge >= 0.3 is 0 Å². The molecule has 0 aliphatic heterocycles. The van der Waals surface area contributed by atoms with E-state index in [1.165, 1.54) is 0 Å². The highest BCUT2D eigenvalue weighted by Crippen LogP contribution is 2.48. The number of nitrogens with two attached hydrogens (primary N) is 2. The molecule has 4 aromatic rings. The molecular formula is C22H18N6O13S4. The van der Waals surface area contributed by atoms with E-state index in [1.54, 1.807) is 0 Å². The number of hydrogen-bond donors (Lipinski definition) is 7. The number of phenols is 1. The van der Waals surface area contributed by atoms with Crippen LogP contribution in [0.5, 0.6) is 5.75 Å². The highest BCUT2D eigenvalue weighted by atomic mass is 32.2. The SMILES string of the molecule is Nc1ccc(S(=O)(=O)O)c(N=Nc2c(S(=O)(=O)O)cc3cc(S(=O)(=O)O)c(N=Nc4ccc(S(=O)(=O)O)cc4)c(O)c3c2N)c1. The summed E-state index contributed by atoms with van der Waals surface area (Å²) in [7, 11) is -20.0. The lowest BCUT2D eigenvalue weighted by Gasteiger charge is -2.14. The molecule has 0 bridgehead atoms. The average Bonchev–Trinajstić information content (AvgIpc) is 2.89. The summed E-state index contributed by atoms with van der Waals surface area (Å²) in [6, 6.07) is 8.06. The van der Waals surface area contributed by atoms with Gasteiger partial charge in [-0.05, 0) is 60.0 Å². The molecule has 4 rings (SSSR count). The fourth-order valence-electron chi connectivity index (χ4n) is 3.83. The molecule has 0 unspecified atom stereocenters. The van der Waals surface area contributed by atoms with E-state index in [9.17, 15) is 52.4 Å². The lowest BCUT2D eigenvalue weighted by atomic mass is 10.1. The number of aromatic hydroxyl groups is 1. The van der Waals surface area contributed by atoms with Gasteiger partial charge in [-0.2, -0.15) is 38.8 Å². The number of hydrogen-bond acceptors (Lipinski definition) is 15. The van der Waals surface area contributed by atoms with Gasteiger partial charge in [0.2, 0.25) is 0 Å². The van der Waals surface area contributed by atoms with Gasteiger partial charge in [-0.1, -0.05) is 0 Å². The van der Waals surface area contributed by atoms with Gasteiger partial charge in [-0.25, -0.2) is 0 Å². The monoisotopic (exact) mass is 702 g/mol. The summed E-state index contributed by atoms with van der Waals surface area (Å²) in [6.45, 7) is 0. The number of phenolic OH excluding ortho intramolecular Hbond substituents is 1. The lowest BCUT2D eigenvalue weighted by Crippen LogP contribution is -2.04. The Morgan fingerprint density at radius 1 is 0.556 bits per heavy atom. The van der Waals surface area contributed by atoms with Crippen molar-refractivity contribution in [3.8, 4) is 5.75 Å². The topological polar surface area (TPSA) is 339 Å². The van der Waals surface area contributed by atoms with Gasteiger partial charge in [0.15, 0.2) is 5.75 Å². The van der Waals surface area contributed by atoms with E-state index in [-0.39, 0.29) is 11.4 Å². The molecule has 0 heterocycles. The first-order valence-corrected chi connectivity index (χ1v) is 17.2. The molecule has 0 atom stereocenters. The number of rotatable bonds is 8. The number of anilines is 2. The van der Waals surface area contributed by atoms with Crippen LogP contribution in [0.3, 0.4) is 0 Å². The Kier molecular flexibility index (Phi) is 8.42.